The summed E-state index contributed by atoms with van der Waals surface area (Å²) in [7, 11) is 0. The molecule has 222 valence electrons. The third kappa shape index (κ3) is 14.1. The molecule has 0 aromatic heterocycles. The topological polar surface area (TPSA) is 20.2 Å². The fourth-order valence-electron chi connectivity index (χ4n) is 7.08. The van der Waals surface area contributed by atoms with E-state index in [0.717, 1.165) is 0 Å². The van der Waals surface area contributed by atoms with Crippen molar-refractivity contribution in [2.45, 2.75) is 167 Å². The molecule has 0 spiro atoms. The molecule has 1 aromatic rings. The van der Waals surface area contributed by atoms with Crippen molar-refractivity contribution >= 4 is 36.8 Å². The minimum absolute atomic E-state index is 0.260. The molecule has 0 heterocycles. The molecule has 2 atom stereocenters. The van der Waals surface area contributed by atoms with Gasteiger partial charge in [-0.25, -0.2) is 0 Å². The first-order chi connectivity index (χ1) is 18.4. The Morgan fingerprint density at radius 3 is 1.26 bits per heavy atom. The first-order valence-electron chi connectivity index (χ1n) is 17.2. The van der Waals surface area contributed by atoms with Gasteiger partial charge in [0.2, 0.25) is 0 Å². The Bertz CT molecular complexity index is 618. The minimum atomic E-state index is -2.37. The molecule has 0 unspecified atom stereocenters. The van der Waals surface area contributed by atoms with Crippen LogP contribution in [0.5, 0.6) is 0 Å². The van der Waals surface area contributed by atoms with E-state index in [1.807, 2.05) is 0 Å². The van der Waals surface area contributed by atoms with Gasteiger partial charge in [0.05, 0.1) is 0 Å². The summed E-state index contributed by atoms with van der Waals surface area (Å²) in [5.41, 5.74) is 1.19. The number of hydrogen-bond donors (Lipinski definition) is 1. The Balaban J connectivity index is 3.36. The first kappa shape index (κ1) is 36.8. The number of hydrogen-bond acceptors (Lipinski definition) is 1. The van der Waals surface area contributed by atoms with Crippen molar-refractivity contribution in [1.82, 2.24) is 0 Å². The van der Waals surface area contributed by atoms with Gasteiger partial charge >= 0.3 is 250 Å². The molecule has 0 radical (unpaired) electrons. The van der Waals surface area contributed by atoms with E-state index in [-0.39, 0.29) is 6.10 Å². The van der Waals surface area contributed by atoms with Gasteiger partial charge in [0.1, 0.15) is 0 Å². The molecule has 1 aromatic carbocycles. The molecule has 3 heteroatoms. The van der Waals surface area contributed by atoms with E-state index >= 15 is 0 Å². The van der Waals surface area contributed by atoms with Crippen molar-refractivity contribution in [2.24, 2.45) is 5.92 Å². The van der Waals surface area contributed by atoms with Gasteiger partial charge in [-0.05, 0) is 0 Å². The molecular formula is C35H68OSn2. The van der Waals surface area contributed by atoms with E-state index in [1.165, 1.54) is 93.5 Å². The van der Waals surface area contributed by atoms with Crippen LogP contribution in [0.15, 0.2) is 30.3 Å². The van der Waals surface area contributed by atoms with Crippen molar-refractivity contribution in [3.63, 3.8) is 0 Å². The zero-order chi connectivity index (χ0) is 28.1. The van der Waals surface area contributed by atoms with Gasteiger partial charge < -0.3 is 0 Å². The van der Waals surface area contributed by atoms with Crippen LogP contribution in [0, 0.1) is 5.92 Å². The predicted octanol–water partition coefficient (Wildman–Crippen LogP) is 12.4. The second-order valence-electron chi connectivity index (χ2n) is 13.0. The number of rotatable bonds is 25. The number of aliphatic hydroxyl groups excluding tert-OH is 1. The summed E-state index contributed by atoms with van der Waals surface area (Å²) >= 11 is -4.60. The van der Waals surface area contributed by atoms with Crippen molar-refractivity contribution in [1.29, 1.82) is 0 Å². The zero-order valence-corrected chi connectivity index (χ0v) is 32.5. The summed E-state index contributed by atoms with van der Waals surface area (Å²) in [5, 5.41) is 12.0. The van der Waals surface area contributed by atoms with Gasteiger partial charge in [-0.15, -0.1) is 0 Å². The van der Waals surface area contributed by atoms with Crippen LogP contribution in [0.1, 0.15) is 137 Å². The Morgan fingerprint density at radius 2 is 0.895 bits per heavy atom. The SMILES string of the molecule is CCC[CH2][Sn]([CH2]CCC)([CH2]CCC)[CH2]C[C@@H]([CH2][Sn]([CH2]CCC)([CH2]CCC)[CH2]CCC)[C@H](O)c1ccccc1. The molecule has 1 rings (SSSR count). The van der Waals surface area contributed by atoms with Crippen LogP contribution < -0.4 is 0 Å². The molecule has 0 saturated carbocycles. The van der Waals surface area contributed by atoms with Gasteiger partial charge in [0.15, 0.2) is 0 Å². The monoisotopic (exact) mass is 744 g/mol. The molecule has 1 N–H and O–H groups in total. The molecule has 0 fully saturated rings. The van der Waals surface area contributed by atoms with Crippen molar-refractivity contribution in [2.75, 3.05) is 0 Å². The molecule has 38 heavy (non-hydrogen) atoms. The third-order valence-electron chi connectivity index (χ3n) is 9.69. The van der Waals surface area contributed by atoms with Crippen LogP contribution in [0.25, 0.3) is 0 Å². The van der Waals surface area contributed by atoms with E-state index < -0.39 is 36.8 Å². The summed E-state index contributed by atoms with van der Waals surface area (Å²) < 4.78 is 12.5. The van der Waals surface area contributed by atoms with Gasteiger partial charge in [-0.2, -0.15) is 0 Å². The van der Waals surface area contributed by atoms with E-state index in [9.17, 15) is 5.11 Å². The standard InChI is InChI=1S/C11H14O.6C4H9.2Sn/c1-3-9(2)11(12)10-7-5-4-6-8-10;6*1-3-4-2;;/h4-9,11-12H,1-3H2;6*1,3-4H2,2H3;;/t9-,11+;;;;;;;;/m1......../s1. The number of unbranched alkanes of at least 4 members (excludes halogenated alkanes) is 6. The molecule has 0 aliphatic carbocycles. The Morgan fingerprint density at radius 1 is 0.526 bits per heavy atom. The van der Waals surface area contributed by atoms with Crippen LogP contribution in [0.4, 0.5) is 0 Å². The quantitative estimate of drug-likeness (QED) is 0.0990. The second kappa shape index (κ2) is 22.4. The van der Waals surface area contributed by atoms with E-state index in [0.29, 0.717) is 5.92 Å². The molecule has 0 amide bonds. The van der Waals surface area contributed by atoms with Crippen LogP contribution in [-0.4, -0.2) is 41.9 Å². The van der Waals surface area contributed by atoms with E-state index in [2.05, 4.69) is 71.9 Å². The van der Waals surface area contributed by atoms with Gasteiger partial charge in [0.25, 0.3) is 0 Å². The summed E-state index contributed by atoms with van der Waals surface area (Å²) in [5.74, 6) is 0.500. The molecule has 1 nitrogen and oxygen atoms in total. The van der Waals surface area contributed by atoms with Crippen LogP contribution in [0.2, 0.25) is 35.5 Å². The number of benzene rings is 1. The maximum atomic E-state index is 12.0. The normalized spacial score (nSPS) is 14.1. The fourth-order valence-corrected chi connectivity index (χ4v) is 41.4. The number of aliphatic hydroxyl groups is 1. The second-order valence-corrected chi connectivity index (χ2v) is 41.3. The summed E-state index contributed by atoms with van der Waals surface area (Å²) in [4.78, 5) is 0. The summed E-state index contributed by atoms with van der Waals surface area (Å²) in [6, 6.07) is 10.8. The Kier molecular flexibility index (Phi) is 21.7. The van der Waals surface area contributed by atoms with E-state index in [1.54, 1.807) is 31.1 Å². The predicted molar refractivity (Wildman–Crippen MR) is 179 cm³/mol. The Labute approximate surface area is 248 Å². The molecule has 0 bridgehead atoms. The van der Waals surface area contributed by atoms with E-state index in [4.69, 9.17) is 0 Å². The third-order valence-corrected chi connectivity index (χ3v) is 41.7. The average Bonchev–Trinajstić information content (AvgIpc) is 2.96. The zero-order valence-electron chi connectivity index (χ0n) is 26.8. The van der Waals surface area contributed by atoms with Crippen molar-refractivity contribution in [3.05, 3.63) is 35.9 Å². The van der Waals surface area contributed by atoms with Crippen LogP contribution in [-0.2, 0) is 0 Å². The summed E-state index contributed by atoms with van der Waals surface area (Å²) in [6.07, 6.45) is 17.9. The first-order valence-corrected chi connectivity index (χ1v) is 33.3. The fraction of sp³-hybridized carbons (Fsp3) is 0.829. The molecule has 0 saturated heterocycles. The molecular weight excluding hydrogens is 674 g/mol. The molecule has 0 aliphatic rings. The van der Waals surface area contributed by atoms with Gasteiger partial charge in [-0.1, -0.05) is 0 Å². The van der Waals surface area contributed by atoms with Crippen molar-refractivity contribution < 1.29 is 5.11 Å². The summed E-state index contributed by atoms with van der Waals surface area (Å²) in [6.45, 7) is 14.4. The van der Waals surface area contributed by atoms with Gasteiger partial charge in [-0.3, -0.25) is 0 Å². The van der Waals surface area contributed by atoms with Crippen LogP contribution >= 0.6 is 0 Å². The Hall–Kier alpha value is 0.777. The van der Waals surface area contributed by atoms with Crippen molar-refractivity contribution in [3.8, 4) is 0 Å². The maximum absolute atomic E-state index is 12.0. The molecule has 0 aliphatic heterocycles. The average molecular weight is 742 g/mol. The van der Waals surface area contributed by atoms with Gasteiger partial charge in [0, 0.05) is 0 Å². The van der Waals surface area contributed by atoms with Crippen LogP contribution in [0.3, 0.4) is 0 Å².